The van der Waals surface area contributed by atoms with Crippen LogP contribution in [0, 0.1) is 53.9 Å². The van der Waals surface area contributed by atoms with E-state index in [1.807, 2.05) is 0 Å². The largest absolute Gasteiger partial charge is 0 e. The second-order valence-corrected chi connectivity index (χ2v) is 0.671. The van der Waals surface area contributed by atoms with Crippen molar-refractivity contribution >= 4 is 0 Å². The minimum atomic E-state index is 0. The molecule has 0 aliphatic rings. The molecule has 0 bridgehead atoms. The van der Waals surface area contributed by atoms with E-state index < -0.39 is 0 Å². The van der Waals surface area contributed by atoms with E-state index in [9.17, 15) is 0 Å². The molecular weight excluding hydrogens is 384 g/mol. The summed E-state index contributed by atoms with van der Waals surface area (Å²) in [5.74, 6) is 0. The summed E-state index contributed by atoms with van der Waals surface area (Å²) in [5, 5.41) is 22.0. The number of nitriles is 3. The predicted molar refractivity (Wildman–Crippen MR) is 45.6 cm³/mol. The molecule has 0 aromatic heterocycles. The number of rotatable bonds is 0. The molecule has 6 nitrogen and oxygen atoms in total. The Morgan fingerprint density at radius 3 is 0.625 bits per heavy atom. The summed E-state index contributed by atoms with van der Waals surface area (Å²) in [7, 11) is 0. The predicted octanol–water partition coefficient (Wildman–Crippen LogP) is 1.47. The van der Waals surface area contributed by atoms with Gasteiger partial charge in [-0.15, -0.1) is 0 Å². The zero-order valence-electron chi connectivity index (χ0n) is 8.94. The summed E-state index contributed by atoms with van der Waals surface area (Å²) in [6, 6.07) is 5.25. The van der Waals surface area contributed by atoms with Crippen LogP contribution in [-0.4, -0.2) is 0 Å². The molecule has 7 heteroatoms. The summed E-state index contributed by atoms with van der Waals surface area (Å²) in [5.41, 5.74) is 0. The first-order chi connectivity index (χ1) is 7.24. The first-order valence-corrected chi connectivity index (χ1v) is 2.78. The zero-order valence-corrected chi connectivity index (χ0v) is 11.7. The molecule has 0 amide bonds. The Balaban J connectivity index is -0.0000000122. The van der Waals surface area contributed by atoms with E-state index >= 15 is 0 Å². The second kappa shape index (κ2) is 1110. The molecule has 0 spiro atoms. The molecule has 0 aliphatic carbocycles. The van der Waals surface area contributed by atoms with E-state index in [0.717, 1.165) is 0 Å². The molecule has 0 fully saturated rings. The molecule has 0 saturated carbocycles. The molecular formula is C9H9N3O3Re. The Kier molecular flexibility index (Phi) is 3300. The summed E-state index contributed by atoms with van der Waals surface area (Å²) >= 11 is 0. The second-order valence-electron chi connectivity index (χ2n) is 0.671. The van der Waals surface area contributed by atoms with Crippen molar-refractivity contribution in [2.24, 2.45) is 0 Å². The van der Waals surface area contributed by atoms with Crippen LogP contribution in [0.25, 0.3) is 0 Å². The fraction of sp³-hybridized carbons (Fsp3) is 0.333. The molecule has 0 aliphatic heterocycles. The van der Waals surface area contributed by atoms with Crippen molar-refractivity contribution in [3.05, 3.63) is 20.0 Å². The van der Waals surface area contributed by atoms with E-state index in [0.29, 0.717) is 0 Å². The average molecular weight is 393 g/mol. The average Bonchev–Trinajstić information content (AvgIpc) is 2.29. The summed E-state index contributed by atoms with van der Waals surface area (Å²) in [4.78, 5) is 0. The fourth-order valence-electron chi connectivity index (χ4n) is 0. The van der Waals surface area contributed by atoms with Crippen LogP contribution < -0.4 is 0 Å². The summed E-state index contributed by atoms with van der Waals surface area (Å²) in [6.45, 7) is 17.8. The van der Waals surface area contributed by atoms with E-state index in [4.69, 9.17) is 29.7 Å². The number of hydrogen-bond acceptors (Lipinski definition) is 3. The number of hydrogen-bond donors (Lipinski definition) is 0. The van der Waals surface area contributed by atoms with Crippen molar-refractivity contribution < 1.29 is 34.4 Å². The summed E-state index contributed by atoms with van der Waals surface area (Å²) in [6.07, 6.45) is 0. The van der Waals surface area contributed by atoms with Crippen molar-refractivity contribution in [1.29, 1.82) is 15.8 Å². The van der Waals surface area contributed by atoms with E-state index in [1.54, 1.807) is 18.2 Å². The summed E-state index contributed by atoms with van der Waals surface area (Å²) < 4.78 is 22.5. The molecule has 0 heterocycles. The van der Waals surface area contributed by atoms with Crippen molar-refractivity contribution in [2.45, 2.75) is 20.8 Å². The Bertz CT molecular complexity index is 197. The molecule has 0 unspecified atom stereocenters. The van der Waals surface area contributed by atoms with Crippen LogP contribution >= 0.6 is 0 Å². The van der Waals surface area contributed by atoms with Crippen LogP contribution in [0.15, 0.2) is 0 Å². The van der Waals surface area contributed by atoms with Gasteiger partial charge in [-0.25, -0.2) is 0 Å². The van der Waals surface area contributed by atoms with Crippen LogP contribution in [0.1, 0.15) is 20.8 Å². The Labute approximate surface area is 109 Å². The third-order valence-corrected chi connectivity index (χ3v) is 0. The Hall–Kier alpha value is -1.65. The van der Waals surface area contributed by atoms with Crippen LogP contribution in [0.5, 0.6) is 0 Å². The Morgan fingerprint density at radius 2 is 0.625 bits per heavy atom. The van der Waals surface area contributed by atoms with Gasteiger partial charge in [-0.3, -0.25) is 0 Å². The molecule has 16 heavy (non-hydrogen) atoms. The maximum Gasteiger partial charge on any atom is 0 e. The van der Waals surface area contributed by atoms with Crippen LogP contribution in [0.2, 0.25) is 0 Å². The first kappa shape index (κ1) is 47.3. The van der Waals surface area contributed by atoms with E-state index in [-0.39, 0.29) is 20.4 Å². The fourth-order valence-corrected chi connectivity index (χ4v) is 0. The Morgan fingerprint density at radius 1 is 0.625 bits per heavy atom. The molecule has 1 radical (unpaired) electrons. The van der Waals surface area contributed by atoms with Gasteiger partial charge in [0.25, 0.3) is 0 Å². The van der Waals surface area contributed by atoms with Crippen molar-refractivity contribution in [3.8, 4) is 18.2 Å². The quantitative estimate of drug-likeness (QED) is 0.456. The normalized spacial score (nSPS) is 1.88. The zero-order chi connectivity index (χ0) is 14.1. The maximum atomic E-state index is 7.50. The molecule has 0 rings (SSSR count). The van der Waals surface area contributed by atoms with Crippen molar-refractivity contribution in [2.75, 3.05) is 0 Å². The molecule has 0 saturated heterocycles. The van der Waals surface area contributed by atoms with Gasteiger partial charge in [0.05, 0.1) is 18.2 Å². The molecule has 0 aromatic rings. The van der Waals surface area contributed by atoms with Crippen molar-refractivity contribution in [1.82, 2.24) is 0 Å². The number of nitrogens with zero attached hydrogens (tertiary/aromatic N) is 3. The van der Waals surface area contributed by atoms with Gasteiger partial charge in [0.15, 0.2) is 0 Å². The van der Waals surface area contributed by atoms with E-state index in [2.05, 4.69) is 20.0 Å². The van der Waals surface area contributed by atoms with Gasteiger partial charge in [-0.2, -0.15) is 15.8 Å². The molecule has 85 valence electrons. The van der Waals surface area contributed by atoms with Crippen LogP contribution in [0.4, 0.5) is 0 Å². The standard InChI is InChI=1S/3C2H3N.3CO.Re/c3*1-2-3;3*1-2;/h3*1H3;;;;. The smallest absolute Gasteiger partial charge is 0 e. The van der Waals surface area contributed by atoms with Crippen molar-refractivity contribution in [3.63, 3.8) is 0 Å². The molecule has 0 N–H and O–H groups in total. The van der Waals surface area contributed by atoms with Gasteiger partial charge in [0.1, 0.15) is 0 Å². The maximum absolute atomic E-state index is 7.50. The van der Waals surface area contributed by atoms with Gasteiger partial charge in [-0.05, 0) is 0 Å². The van der Waals surface area contributed by atoms with Crippen LogP contribution in [-0.2, 0) is 34.4 Å². The SMILES string of the molecule is CC#N.CC#N.CC#N.[C-]#[O+].[C-]#[O+].[C-]#[O+].[Re]. The van der Waals surface area contributed by atoms with Gasteiger partial charge >= 0.3 is 33.9 Å². The molecule has 0 aromatic carbocycles. The topological polar surface area (TPSA) is 131 Å². The minimum Gasteiger partial charge on any atom is 0 e. The molecule has 0 atom stereocenters. The third-order valence-electron chi connectivity index (χ3n) is 0. The van der Waals surface area contributed by atoms with Gasteiger partial charge < -0.3 is 0 Å². The van der Waals surface area contributed by atoms with Gasteiger partial charge in [-0.1, -0.05) is 0 Å². The first-order valence-electron chi connectivity index (χ1n) is 2.78. The minimum absolute atomic E-state index is 0. The van der Waals surface area contributed by atoms with E-state index in [1.165, 1.54) is 20.8 Å². The van der Waals surface area contributed by atoms with Gasteiger partial charge in [0, 0.05) is 41.2 Å². The van der Waals surface area contributed by atoms with Crippen LogP contribution in [0.3, 0.4) is 0 Å². The monoisotopic (exact) mass is 394 g/mol. The van der Waals surface area contributed by atoms with Gasteiger partial charge in [0.2, 0.25) is 0 Å². The third kappa shape index (κ3) is 586.